The Morgan fingerprint density at radius 1 is 1.50 bits per heavy atom. The molecule has 18 heavy (non-hydrogen) atoms. The Labute approximate surface area is 119 Å². The van der Waals surface area contributed by atoms with E-state index in [1.807, 2.05) is 19.2 Å². The van der Waals surface area contributed by atoms with E-state index in [4.69, 9.17) is 11.6 Å². The fourth-order valence-corrected chi connectivity index (χ4v) is 3.33. The quantitative estimate of drug-likeness (QED) is 0.782. The van der Waals surface area contributed by atoms with Gasteiger partial charge in [-0.05, 0) is 26.8 Å². The highest BCUT2D eigenvalue weighted by Gasteiger charge is 2.25. The normalized spacial score (nSPS) is 14.2. The van der Waals surface area contributed by atoms with Crippen molar-refractivity contribution in [3.63, 3.8) is 0 Å². The van der Waals surface area contributed by atoms with Crippen LogP contribution in [-0.4, -0.2) is 33.7 Å². The van der Waals surface area contributed by atoms with Crippen LogP contribution in [0.5, 0.6) is 0 Å². The van der Waals surface area contributed by atoms with Crippen LogP contribution in [0, 0.1) is 0 Å². The van der Waals surface area contributed by atoms with Crippen molar-refractivity contribution in [2.45, 2.75) is 51.6 Å². The standard InChI is InChI=1S/C13H23ClN2OS/c1-5-11(12-15-10(7-14)8-18-12)16(6-2)9-13(3,4)17/h8,11,17H,5-7,9H2,1-4H3. The van der Waals surface area contributed by atoms with E-state index in [2.05, 4.69) is 23.7 Å². The minimum Gasteiger partial charge on any atom is -0.389 e. The van der Waals surface area contributed by atoms with Crippen LogP contribution in [0.4, 0.5) is 0 Å². The maximum absolute atomic E-state index is 9.98. The SMILES string of the molecule is CCC(c1nc(CCl)cs1)N(CC)CC(C)(C)O. The third-order valence-electron chi connectivity index (χ3n) is 2.82. The van der Waals surface area contributed by atoms with Crippen LogP contribution in [0.1, 0.15) is 50.9 Å². The third-order valence-corrected chi connectivity index (χ3v) is 4.08. The number of likely N-dealkylation sites (N-methyl/N-ethyl adjacent to an activating group) is 1. The zero-order chi connectivity index (χ0) is 13.8. The summed E-state index contributed by atoms with van der Waals surface area (Å²) in [7, 11) is 0. The van der Waals surface area contributed by atoms with Gasteiger partial charge in [0.2, 0.25) is 0 Å². The predicted octanol–water partition coefficient (Wildman–Crippen LogP) is 3.43. The lowest BCUT2D eigenvalue weighted by Gasteiger charge is -2.33. The molecule has 3 nitrogen and oxygen atoms in total. The largest absolute Gasteiger partial charge is 0.389 e. The van der Waals surface area contributed by atoms with Crippen molar-refractivity contribution in [2.75, 3.05) is 13.1 Å². The van der Waals surface area contributed by atoms with Crippen molar-refractivity contribution < 1.29 is 5.11 Å². The highest BCUT2D eigenvalue weighted by atomic mass is 35.5. The molecule has 0 aromatic carbocycles. The molecule has 0 bridgehead atoms. The van der Waals surface area contributed by atoms with Crippen LogP contribution in [-0.2, 0) is 5.88 Å². The van der Waals surface area contributed by atoms with Gasteiger partial charge in [-0.1, -0.05) is 13.8 Å². The molecule has 0 spiro atoms. The van der Waals surface area contributed by atoms with E-state index in [1.165, 1.54) is 0 Å². The summed E-state index contributed by atoms with van der Waals surface area (Å²) in [5.74, 6) is 0.463. The molecule has 104 valence electrons. The minimum absolute atomic E-state index is 0.267. The van der Waals surface area contributed by atoms with Crippen LogP contribution in [0.3, 0.4) is 0 Å². The van der Waals surface area contributed by atoms with Gasteiger partial charge in [0.15, 0.2) is 0 Å². The van der Waals surface area contributed by atoms with E-state index in [1.54, 1.807) is 11.3 Å². The molecule has 0 saturated heterocycles. The van der Waals surface area contributed by atoms with E-state index in [0.717, 1.165) is 23.7 Å². The smallest absolute Gasteiger partial charge is 0.110 e. The number of aliphatic hydroxyl groups is 1. The Kier molecular flexibility index (Phi) is 6.05. The maximum Gasteiger partial charge on any atom is 0.110 e. The van der Waals surface area contributed by atoms with Crippen LogP contribution < -0.4 is 0 Å². The number of hydrogen-bond acceptors (Lipinski definition) is 4. The van der Waals surface area contributed by atoms with Crippen LogP contribution >= 0.6 is 22.9 Å². The Morgan fingerprint density at radius 3 is 2.56 bits per heavy atom. The molecule has 1 N–H and O–H groups in total. The van der Waals surface area contributed by atoms with Gasteiger partial charge in [0, 0.05) is 11.9 Å². The van der Waals surface area contributed by atoms with Gasteiger partial charge < -0.3 is 5.11 Å². The highest BCUT2D eigenvalue weighted by Crippen LogP contribution is 2.28. The Morgan fingerprint density at radius 2 is 2.17 bits per heavy atom. The van der Waals surface area contributed by atoms with Crippen molar-refractivity contribution >= 4 is 22.9 Å². The molecule has 1 rings (SSSR count). The second kappa shape index (κ2) is 6.85. The molecule has 0 aliphatic heterocycles. The number of alkyl halides is 1. The molecule has 1 aromatic heterocycles. The van der Waals surface area contributed by atoms with E-state index in [-0.39, 0.29) is 6.04 Å². The predicted molar refractivity (Wildman–Crippen MR) is 78.2 cm³/mol. The summed E-state index contributed by atoms with van der Waals surface area (Å²) in [6, 6.07) is 0.267. The van der Waals surface area contributed by atoms with Gasteiger partial charge >= 0.3 is 0 Å². The lowest BCUT2D eigenvalue weighted by atomic mass is 10.1. The minimum atomic E-state index is -0.685. The Hall–Kier alpha value is -0.160. The van der Waals surface area contributed by atoms with Gasteiger partial charge in [0.05, 0.1) is 23.2 Å². The number of halogens is 1. The van der Waals surface area contributed by atoms with E-state index < -0.39 is 5.60 Å². The Bertz CT molecular complexity index is 362. The van der Waals surface area contributed by atoms with Gasteiger partial charge in [-0.15, -0.1) is 22.9 Å². The first-order valence-electron chi connectivity index (χ1n) is 6.38. The molecule has 1 unspecified atom stereocenters. The van der Waals surface area contributed by atoms with Crippen LogP contribution in [0.15, 0.2) is 5.38 Å². The molecular formula is C13H23ClN2OS. The number of thiazole rings is 1. The first-order valence-corrected chi connectivity index (χ1v) is 7.79. The van der Waals surface area contributed by atoms with Gasteiger partial charge in [-0.3, -0.25) is 4.90 Å². The molecular weight excluding hydrogens is 268 g/mol. The van der Waals surface area contributed by atoms with Crippen LogP contribution in [0.25, 0.3) is 0 Å². The van der Waals surface area contributed by atoms with Crippen LogP contribution in [0.2, 0.25) is 0 Å². The Balaban J connectivity index is 2.85. The summed E-state index contributed by atoms with van der Waals surface area (Å²) in [4.78, 5) is 6.84. The lowest BCUT2D eigenvalue weighted by Crippen LogP contribution is -2.40. The lowest BCUT2D eigenvalue weighted by molar-refractivity contribution is 0.0214. The molecule has 1 aromatic rings. The summed E-state index contributed by atoms with van der Waals surface area (Å²) < 4.78 is 0. The summed E-state index contributed by atoms with van der Waals surface area (Å²) >= 11 is 7.46. The third kappa shape index (κ3) is 4.50. The second-order valence-corrected chi connectivity index (χ2v) is 6.27. The molecule has 0 aliphatic carbocycles. The van der Waals surface area contributed by atoms with Gasteiger partial charge in [-0.2, -0.15) is 0 Å². The van der Waals surface area contributed by atoms with E-state index in [0.29, 0.717) is 12.4 Å². The number of nitrogens with zero attached hydrogens (tertiary/aromatic N) is 2. The van der Waals surface area contributed by atoms with Gasteiger partial charge in [0.1, 0.15) is 5.01 Å². The zero-order valence-electron chi connectivity index (χ0n) is 11.6. The number of aromatic nitrogens is 1. The van der Waals surface area contributed by atoms with Crippen molar-refractivity contribution in [1.29, 1.82) is 0 Å². The number of hydrogen-bond donors (Lipinski definition) is 1. The average molecular weight is 291 g/mol. The summed E-state index contributed by atoms with van der Waals surface area (Å²) in [5.41, 5.74) is 0.255. The summed E-state index contributed by atoms with van der Waals surface area (Å²) in [6.45, 7) is 9.50. The first-order chi connectivity index (χ1) is 8.41. The second-order valence-electron chi connectivity index (χ2n) is 5.11. The molecule has 0 radical (unpaired) electrons. The monoisotopic (exact) mass is 290 g/mol. The fraction of sp³-hybridized carbons (Fsp3) is 0.769. The summed E-state index contributed by atoms with van der Waals surface area (Å²) in [6.07, 6.45) is 0.985. The van der Waals surface area contributed by atoms with Gasteiger partial charge in [-0.25, -0.2) is 4.98 Å². The maximum atomic E-state index is 9.98. The molecule has 0 amide bonds. The molecule has 1 heterocycles. The summed E-state index contributed by atoms with van der Waals surface area (Å²) in [5, 5.41) is 13.1. The van der Waals surface area contributed by atoms with Gasteiger partial charge in [0.25, 0.3) is 0 Å². The van der Waals surface area contributed by atoms with Crippen molar-refractivity contribution in [2.24, 2.45) is 0 Å². The molecule has 5 heteroatoms. The fourth-order valence-electron chi connectivity index (χ4n) is 2.07. The molecule has 0 saturated carbocycles. The van der Waals surface area contributed by atoms with Crippen molar-refractivity contribution in [1.82, 2.24) is 9.88 Å². The molecule has 0 aliphatic rings. The average Bonchev–Trinajstić information content (AvgIpc) is 2.75. The van der Waals surface area contributed by atoms with Crippen molar-refractivity contribution in [3.8, 4) is 0 Å². The molecule has 1 atom stereocenters. The van der Waals surface area contributed by atoms with E-state index >= 15 is 0 Å². The van der Waals surface area contributed by atoms with E-state index in [9.17, 15) is 5.11 Å². The highest BCUT2D eigenvalue weighted by molar-refractivity contribution is 7.09. The number of rotatable bonds is 7. The first kappa shape index (κ1) is 15.9. The topological polar surface area (TPSA) is 36.4 Å². The molecule has 0 fully saturated rings. The van der Waals surface area contributed by atoms with Crippen molar-refractivity contribution in [3.05, 3.63) is 16.1 Å². The zero-order valence-corrected chi connectivity index (χ0v) is 13.2.